The molecule has 1 aromatic carbocycles. The number of methoxy groups -OCH3 is 1. The minimum Gasteiger partial charge on any atom is -0.390 e. The van der Waals surface area contributed by atoms with Crippen molar-refractivity contribution in [2.75, 3.05) is 7.11 Å². The molecule has 0 bridgehead atoms. The summed E-state index contributed by atoms with van der Waals surface area (Å²) in [5, 5.41) is 10.4. The molecule has 0 amide bonds. The van der Waals surface area contributed by atoms with Gasteiger partial charge in [-0.05, 0) is 51.3 Å². The Hall–Kier alpha value is -0.380. The lowest BCUT2D eigenvalue weighted by molar-refractivity contribution is -0.0189. The van der Waals surface area contributed by atoms with Crippen LogP contribution in [0.2, 0.25) is 0 Å². The van der Waals surface area contributed by atoms with Gasteiger partial charge < -0.3 is 9.84 Å². The molecule has 3 heteroatoms. The summed E-state index contributed by atoms with van der Waals surface area (Å²) in [7, 11) is 1.71. The van der Waals surface area contributed by atoms with Crippen LogP contribution in [0.3, 0.4) is 0 Å². The van der Waals surface area contributed by atoms with Crippen LogP contribution in [0.25, 0.3) is 0 Å². The molecule has 0 fully saturated rings. The van der Waals surface area contributed by atoms with Crippen molar-refractivity contribution in [3.05, 3.63) is 34.3 Å². The average molecular weight is 315 g/mol. The molecule has 1 rings (SSSR count). The maximum Gasteiger partial charge on any atom is 0.0661 e. The summed E-state index contributed by atoms with van der Waals surface area (Å²) in [5.41, 5.74) is 0.284. The zero-order valence-electron chi connectivity index (χ0n) is 11.7. The molecule has 0 radical (unpaired) electrons. The Morgan fingerprint density at radius 1 is 1.11 bits per heavy atom. The molecule has 18 heavy (non-hydrogen) atoms. The van der Waals surface area contributed by atoms with Crippen LogP contribution >= 0.6 is 15.9 Å². The standard InChI is InChI=1S/C15H23BrO2/c1-14(2,18-4)9-10-15(3,17)11-12-5-7-13(16)8-6-12/h5-8,17H,9-11H2,1-4H3. The molecule has 2 nitrogen and oxygen atoms in total. The fourth-order valence-electron chi connectivity index (χ4n) is 1.80. The van der Waals surface area contributed by atoms with Gasteiger partial charge in [0.15, 0.2) is 0 Å². The van der Waals surface area contributed by atoms with E-state index in [0.717, 1.165) is 22.9 Å². The van der Waals surface area contributed by atoms with Gasteiger partial charge in [0.25, 0.3) is 0 Å². The third kappa shape index (κ3) is 5.51. The minimum atomic E-state index is -0.691. The highest BCUT2D eigenvalue weighted by Crippen LogP contribution is 2.25. The zero-order chi connectivity index (χ0) is 13.8. The summed E-state index contributed by atoms with van der Waals surface area (Å²) in [6, 6.07) is 8.09. The van der Waals surface area contributed by atoms with Crippen molar-refractivity contribution in [1.29, 1.82) is 0 Å². The Bertz CT molecular complexity index is 369. The average Bonchev–Trinajstić information content (AvgIpc) is 2.30. The lowest BCUT2D eigenvalue weighted by Crippen LogP contribution is -2.32. The SMILES string of the molecule is COC(C)(C)CCC(C)(O)Cc1ccc(Br)cc1. The van der Waals surface area contributed by atoms with E-state index in [1.807, 2.05) is 45.0 Å². The van der Waals surface area contributed by atoms with Gasteiger partial charge in [-0.3, -0.25) is 0 Å². The Morgan fingerprint density at radius 2 is 1.67 bits per heavy atom. The first-order chi connectivity index (χ1) is 8.24. The summed E-state index contributed by atoms with van der Waals surface area (Å²) < 4.78 is 6.44. The van der Waals surface area contributed by atoms with Gasteiger partial charge in [-0.2, -0.15) is 0 Å². The molecule has 0 saturated heterocycles. The van der Waals surface area contributed by atoms with Crippen molar-refractivity contribution in [2.45, 2.75) is 51.2 Å². The summed E-state index contributed by atoms with van der Waals surface area (Å²) in [4.78, 5) is 0. The zero-order valence-corrected chi connectivity index (χ0v) is 13.3. The molecular formula is C15H23BrO2. The monoisotopic (exact) mass is 314 g/mol. The molecule has 0 heterocycles. The van der Waals surface area contributed by atoms with Crippen LogP contribution in [0, 0.1) is 0 Å². The maximum absolute atomic E-state index is 10.4. The summed E-state index contributed by atoms with van der Waals surface area (Å²) in [5.74, 6) is 0. The molecule has 1 aromatic rings. The number of hydrogen-bond donors (Lipinski definition) is 1. The highest BCUT2D eigenvalue weighted by atomic mass is 79.9. The topological polar surface area (TPSA) is 29.5 Å². The fourth-order valence-corrected chi connectivity index (χ4v) is 2.07. The molecule has 0 aliphatic carbocycles. The lowest BCUT2D eigenvalue weighted by Gasteiger charge is -2.29. The normalized spacial score (nSPS) is 15.4. The van der Waals surface area contributed by atoms with Crippen LogP contribution in [0.5, 0.6) is 0 Å². The fraction of sp³-hybridized carbons (Fsp3) is 0.600. The van der Waals surface area contributed by atoms with Crippen molar-refractivity contribution < 1.29 is 9.84 Å². The minimum absolute atomic E-state index is 0.177. The molecule has 1 atom stereocenters. The third-order valence-electron chi connectivity index (χ3n) is 3.32. The molecule has 1 N–H and O–H groups in total. The molecule has 0 spiro atoms. The smallest absolute Gasteiger partial charge is 0.0661 e. The lowest BCUT2D eigenvalue weighted by atomic mass is 9.88. The van der Waals surface area contributed by atoms with Crippen molar-refractivity contribution in [3.8, 4) is 0 Å². The van der Waals surface area contributed by atoms with Crippen LogP contribution in [0.4, 0.5) is 0 Å². The molecule has 0 aromatic heterocycles. The van der Waals surface area contributed by atoms with E-state index in [2.05, 4.69) is 15.9 Å². The summed E-state index contributed by atoms with van der Waals surface area (Å²) in [6.45, 7) is 5.98. The van der Waals surface area contributed by atoms with E-state index in [1.54, 1.807) is 7.11 Å². The molecule has 102 valence electrons. The molecule has 1 unspecified atom stereocenters. The van der Waals surface area contributed by atoms with E-state index in [9.17, 15) is 5.11 Å². The second kappa shape index (κ2) is 6.18. The number of halogens is 1. The molecule has 0 aliphatic heterocycles. The Kier molecular flexibility index (Phi) is 5.38. The van der Waals surface area contributed by atoms with Gasteiger partial charge in [-0.1, -0.05) is 28.1 Å². The van der Waals surface area contributed by atoms with Gasteiger partial charge in [0, 0.05) is 18.0 Å². The van der Waals surface area contributed by atoms with Crippen molar-refractivity contribution in [2.24, 2.45) is 0 Å². The van der Waals surface area contributed by atoms with Gasteiger partial charge in [0.2, 0.25) is 0 Å². The van der Waals surface area contributed by atoms with Crippen molar-refractivity contribution in [1.82, 2.24) is 0 Å². The maximum atomic E-state index is 10.4. The van der Waals surface area contributed by atoms with E-state index >= 15 is 0 Å². The van der Waals surface area contributed by atoms with E-state index in [0.29, 0.717) is 6.42 Å². The Morgan fingerprint density at radius 3 is 2.17 bits per heavy atom. The van der Waals surface area contributed by atoms with E-state index in [-0.39, 0.29) is 5.60 Å². The molecule has 0 aliphatic rings. The summed E-state index contributed by atoms with van der Waals surface area (Å²) >= 11 is 3.41. The van der Waals surface area contributed by atoms with Crippen molar-refractivity contribution >= 4 is 15.9 Å². The van der Waals surface area contributed by atoms with E-state index in [4.69, 9.17) is 4.74 Å². The Balaban J connectivity index is 2.56. The van der Waals surface area contributed by atoms with Crippen LogP contribution in [-0.2, 0) is 11.2 Å². The number of hydrogen-bond acceptors (Lipinski definition) is 2. The molecular weight excluding hydrogens is 292 g/mol. The first kappa shape index (κ1) is 15.7. The van der Waals surface area contributed by atoms with Gasteiger partial charge >= 0.3 is 0 Å². The van der Waals surface area contributed by atoms with Gasteiger partial charge in [0.1, 0.15) is 0 Å². The second-order valence-corrected chi connectivity index (χ2v) is 6.68. The predicted molar refractivity (Wildman–Crippen MR) is 78.8 cm³/mol. The van der Waals surface area contributed by atoms with Gasteiger partial charge in [-0.15, -0.1) is 0 Å². The first-order valence-electron chi connectivity index (χ1n) is 6.26. The van der Waals surface area contributed by atoms with Crippen LogP contribution in [0.1, 0.15) is 39.2 Å². The van der Waals surface area contributed by atoms with E-state index < -0.39 is 5.60 Å². The second-order valence-electron chi connectivity index (χ2n) is 5.76. The van der Waals surface area contributed by atoms with E-state index in [1.165, 1.54) is 0 Å². The van der Waals surface area contributed by atoms with Gasteiger partial charge in [0.05, 0.1) is 11.2 Å². The highest BCUT2D eigenvalue weighted by Gasteiger charge is 2.25. The largest absolute Gasteiger partial charge is 0.390 e. The summed E-state index contributed by atoms with van der Waals surface area (Å²) in [6.07, 6.45) is 2.23. The van der Waals surface area contributed by atoms with Crippen molar-refractivity contribution in [3.63, 3.8) is 0 Å². The first-order valence-corrected chi connectivity index (χ1v) is 7.05. The quantitative estimate of drug-likeness (QED) is 0.861. The number of benzene rings is 1. The van der Waals surface area contributed by atoms with Crippen LogP contribution < -0.4 is 0 Å². The molecule has 0 saturated carbocycles. The Labute approximate surface area is 118 Å². The highest BCUT2D eigenvalue weighted by molar-refractivity contribution is 9.10. The number of aliphatic hydroxyl groups is 1. The van der Waals surface area contributed by atoms with Gasteiger partial charge in [-0.25, -0.2) is 0 Å². The predicted octanol–water partition coefficient (Wildman–Crippen LogP) is 3.95. The number of ether oxygens (including phenoxy) is 1. The van der Waals surface area contributed by atoms with Crippen LogP contribution in [0.15, 0.2) is 28.7 Å². The van der Waals surface area contributed by atoms with Crippen LogP contribution in [-0.4, -0.2) is 23.4 Å². The number of rotatable bonds is 6. The third-order valence-corrected chi connectivity index (χ3v) is 3.85.